The van der Waals surface area contributed by atoms with Gasteiger partial charge in [0.2, 0.25) is 0 Å². The molecule has 1 unspecified atom stereocenters. The van der Waals surface area contributed by atoms with Crippen LogP contribution in [0.5, 0.6) is 0 Å². The van der Waals surface area contributed by atoms with E-state index in [0.717, 1.165) is 0 Å². The third-order valence-corrected chi connectivity index (χ3v) is 1.97. The third-order valence-electron chi connectivity index (χ3n) is 1.97. The molecular weight excluding hydrogens is 182 g/mol. The van der Waals surface area contributed by atoms with Crippen LogP contribution >= 0.6 is 0 Å². The van der Waals surface area contributed by atoms with Crippen LogP contribution in [0, 0.1) is 0 Å². The summed E-state index contributed by atoms with van der Waals surface area (Å²) in [7, 11) is 0. The molecule has 2 rings (SSSR count). The average molecular weight is 191 g/mol. The van der Waals surface area contributed by atoms with Crippen LogP contribution in [0.1, 0.15) is 12.5 Å². The smallest absolute Gasteiger partial charge is 0.305 e. The summed E-state index contributed by atoms with van der Waals surface area (Å²) in [5, 5.41) is 9.92. The zero-order valence-corrected chi connectivity index (χ0v) is 7.60. The molecule has 1 N–H and O–H groups in total. The number of carbonyl (C=O) groups is 1. The van der Waals surface area contributed by atoms with E-state index in [1.54, 1.807) is 24.3 Å². The number of nitrogens with zero attached hydrogens (tertiary/aromatic N) is 1. The highest BCUT2D eigenvalue weighted by Gasteiger charge is 2.37. The van der Waals surface area contributed by atoms with Gasteiger partial charge in [-0.2, -0.15) is 0 Å². The van der Waals surface area contributed by atoms with Gasteiger partial charge in [0.15, 0.2) is 0 Å². The van der Waals surface area contributed by atoms with Crippen molar-refractivity contribution in [3.63, 3.8) is 0 Å². The van der Waals surface area contributed by atoms with Crippen molar-refractivity contribution < 1.29 is 14.6 Å². The fraction of sp³-hybridized carbons (Fsp3) is 0.200. The Hall–Kier alpha value is -1.68. The van der Waals surface area contributed by atoms with Gasteiger partial charge in [-0.25, -0.2) is 0 Å². The molecule has 4 nitrogen and oxygen atoms in total. The Morgan fingerprint density at radius 3 is 2.93 bits per heavy atom. The quantitative estimate of drug-likeness (QED) is 0.534. The summed E-state index contributed by atoms with van der Waals surface area (Å²) in [6.07, 6.45) is 1.22. The molecule has 4 heteroatoms. The van der Waals surface area contributed by atoms with E-state index in [0.29, 0.717) is 11.3 Å². The predicted molar refractivity (Wildman–Crippen MR) is 50.3 cm³/mol. The van der Waals surface area contributed by atoms with Crippen molar-refractivity contribution in [3.05, 3.63) is 29.8 Å². The largest absolute Gasteiger partial charge is 0.423 e. The number of esters is 1. The maximum absolute atomic E-state index is 10.8. The molecule has 1 aliphatic heterocycles. The summed E-state index contributed by atoms with van der Waals surface area (Å²) in [5.74, 6) is -2.24. The van der Waals surface area contributed by atoms with Gasteiger partial charge in [-0.3, -0.25) is 9.79 Å². The molecule has 0 bridgehead atoms. The van der Waals surface area contributed by atoms with Crippen molar-refractivity contribution >= 4 is 17.9 Å². The molecule has 14 heavy (non-hydrogen) atoms. The highest BCUT2D eigenvalue weighted by atomic mass is 16.7. The van der Waals surface area contributed by atoms with E-state index in [1.165, 1.54) is 13.1 Å². The lowest BCUT2D eigenvalue weighted by Crippen LogP contribution is -2.30. The van der Waals surface area contributed by atoms with Crippen molar-refractivity contribution in [1.29, 1.82) is 0 Å². The fourth-order valence-corrected chi connectivity index (χ4v) is 1.42. The maximum Gasteiger partial charge on any atom is 0.305 e. The molecule has 1 aromatic carbocycles. The van der Waals surface area contributed by atoms with Gasteiger partial charge in [0.1, 0.15) is 0 Å². The van der Waals surface area contributed by atoms with Crippen molar-refractivity contribution in [2.75, 3.05) is 0 Å². The second-order valence-corrected chi connectivity index (χ2v) is 3.07. The molecule has 0 aliphatic carbocycles. The molecule has 1 aliphatic rings. The Morgan fingerprint density at radius 2 is 2.21 bits per heavy atom. The van der Waals surface area contributed by atoms with Gasteiger partial charge in [-0.1, -0.05) is 12.1 Å². The van der Waals surface area contributed by atoms with E-state index < -0.39 is 11.8 Å². The average Bonchev–Trinajstić information content (AvgIpc) is 2.44. The molecule has 0 spiro atoms. The Balaban J connectivity index is 2.42. The Kier molecular flexibility index (Phi) is 1.86. The van der Waals surface area contributed by atoms with Gasteiger partial charge < -0.3 is 9.84 Å². The number of hydrogen-bond donors (Lipinski definition) is 1. The first-order valence-electron chi connectivity index (χ1n) is 4.18. The van der Waals surface area contributed by atoms with Gasteiger partial charge in [0.25, 0.3) is 5.79 Å². The molecule has 0 amide bonds. The summed E-state index contributed by atoms with van der Waals surface area (Å²) in [5.41, 5.74) is 1.12. The first kappa shape index (κ1) is 8.90. The number of rotatable bonds is 1. The van der Waals surface area contributed by atoms with Gasteiger partial charge in [0, 0.05) is 6.92 Å². The Bertz CT molecular complexity index is 414. The second-order valence-electron chi connectivity index (χ2n) is 3.07. The number of hydrogen-bond acceptors (Lipinski definition) is 4. The lowest BCUT2D eigenvalue weighted by Gasteiger charge is -2.19. The fourth-order valence-electron chi connectivity index (χ4n) is 1.42. The monoisotopic (exact) mass is 191 g/mol. The summed E-state index contributed by atoms with van der Waals surface area (Å²) >= 11 is 0. The minimum Gasteiger partial charge on any atom is -0.423 e. The number of aliphatic imine (C=N–C) groups is 1. The Labute approximate surface area is 80.8 Å². The molecule has 1 heterocycles. The first-order valence-corrected chi connectivity index (χ1v) is 4.18. The zero-order valence-electron chi connectivity index (χ0n) is 7.60. The topological polar surface area (TPSA) is 58.9 Å². The molecule has 0 radical (unpaired) electrons. The van der Waals surface area contributed by atoms with E-state index in [1.807, 2.05) is 0 Å². The van der Waals surface area contributed by atoms with Crippen LogP contribution in [-0.2, 0) is 15.3 Å². The van der Waals surface area contributed by atoms with Crippen molar-refractivity contribution in [2.24, 2.45) is 4.99 Å². The van der Waals surface area contributed by atoms with Crippen molar-refractivity contribution in [2.45, 2.75) is 12.7 Å². The summed E-state index contributed by atoms with van der Waals surface area (Å²) in [4.78, 5) is 14.7. The molecule has 0 aromatic heterocycles. The minimum absolute atomic E-state index is 0.496. The standard InChI is InChI=1S/C10H9NO3/c1-7(12)14-10(13)6-11-9-5-3-2-4-8(9)10/h2-6,13H,1H3. The molecular formula is C10H9NO3. The van der Waals surface area contributed by atoms with Gasteiger partial charge in [0.05, 0.1) is 17.5 Å². The van der Waals surface area contributed by atoms with E-state index in [-0.39, 0.29) is 0 Å². The number of fused-ring (bicyclic) bond motifs is 1. The Morgan fingerprint density at radius 1 is 1.50 bits per heavy atom. The molecule has 1 atom stereocenters. The minimum atomic E-state index is -1.69. The number of ether oxygens (including phenoxy) is 1. The van der Waals surface area contributed by atoms with Crippen LogP contribution in [0.25, 0.3) is 0 Å². The van der Waals surface area contributed by atoms with E-state index in [4.69, 9.17) is 4.74 Å². The van der Waals surface area contributed by atoms with Crippen molar-refractivity contribution in [3.8, 4) is 0 Å². The number of para-hydroxylation sites is 1. The highest BCUT2D eigenvalue weighted by Crippen LogP contribution is 2.35. The number of aliphatic hydroxyl groups is 1. The SMILES string of the molecule is CC(=O)OC1(O)C=Nc2ccccc21. The molecule has 72 valence electrons. The van der Waals surface area contributed by atoms with Crippen LogP contribution in [0.3, 0.4) is 0 Å². The zero-order chi connectivity index (χ0) is 10.2. The van der Waals surface area contributed by atoms with Crippen molar-refractivity contribution in [1.82, 2.24) is 0 Å². The summed E-state index contributed by atoms with van der Waals surface area (Å²) in [6, 6.07) is 6.97. The van der Waals surface area contributed by atoms with E-state index >= 15 is 0 Å². The normalized spacial score (nSPS) is 23.3. The summed E-state index contributed by atoms with van der Waals surface area (Å²) in [6.45, 7) is 1.24. The molecule has 0 fully saturated rings. The number of carbonyl (C=O) groups excluding carboxylic acids is 1. The van der Waals surface area contributed by atoms with Gasteiger partial charge in [-0.15, -0.1) is 0 Å². The maximum atomic E-state index is 10.8. The van der Waals surface area contributed by atoms with Crippen LogP contribution in [0.2, 0.25) is 0 Å². The van der Waals surface area contributed by atoms with Crippen LogP contribution in [0.4, 0.5) is 5.69 Å². The highest BCUT2D eigenvalue weighted by molar-refractivity contribution is 5.84. The van der Waals surface area contributed by atoms with Gasteiger partial charge in [-0.05, 0) is 12.1 Å². The lowest BCUT2D eigenvalue weighted by molar-refractivity contribution is -0.181. The molecule has 0 saturated carbocycles. The van der Waals surface area contributed by atoms with E-state index in [2.05, 4.69) is 4.99 Å². The second kappa shape index (κ2) is 2.92. The van der Waals surface area contributed by atoms with E-state index in [9.17, 15) is 9.90 Å². The predicted octanol–water partition coefficient (Wildman–Crippen LogP) is 1.11. The molecule has 1 aromatic rings. The lowest BCUT2D eigenvalue weighted by atomic mass is 10.1. The summed E-state index contributed by atoms with van der Waals surface area (Å²) < 4.78 is 4.79. The third kappa shape index (κ3) is 1.29. The van der Waals surface area contributed by atoms with Crippen LogP contribution in [-0.4, -0.2) is 17.3 Å². The first-order chi connectivity index (χ1) is 6.62. The number of benzene rings is 1. The van der Waals surface area contributed by atoms with Gasteiger partial charge >= 0.3 is 5.97 Å². The van der Waals surface area contributed by atoms with Crippen LogP contribution < -0.4 is 0 Å². The molecule has 0 saturated heterocycles. The van der Waals surface area contributed by atoms with Crippen LogP contribution in [0.15, 0.2) is 29.3 Å².